The van der Waals surface area contributed by atoms with Gasteiger partial charge < -0.3 is 0 Å². The summed E-state index contributed by atoms with van der Waals surface area (Å²) in [5.74, 6) is -0.497. The maximum Gasteiger partial charge on any atom is 0.264 e. The summed E-state index contributed by atoms with van der Waals surface area (Å²) >= 11 is 3.38. The minimum atomic E-state index is -3.95. The maximum atomic E-state index is 13.4. The number of amides is 1. The van der Waals surface area contributed by atoms with E-state index in [-0.39, 0.29) is 11.4 Å². The highest BCUT2D eigenvalue weighted by molar-refractivity contribution is 9.10. The number of rotatable bonds is 8. The molecule has 0 radical (unpaired) electrons. The fourth-order valence-corrected chi connectivity index (χ4v) is 5.72. The zero-order valence-electron chi connectivity index (χ0n) is 19.2. The minimum Gasteiger partial charge on any atom is -0.298 e. The molecule has 1 aliphatic rings. The van der Waals surface area contributed by atoms with E-state index in [1.54, 1.807) is 42.5 Å². The number of benzene rings is 3. The molecule has 0 saturated carbocycles. The Morgan fingerprint density at radius 3 is 2.26 bits per heavy atom. The predicted molar refractivity (Wildman–Crippen MR) is 142 cm³/mol. The first kappa shape index (κ1) is 25.1. The number of hydrazone groups is 1. The topological polar surface area (TPSA) is 82.1 Å². The van der Waals surface area contributed by atoms with Crippen molar-refractivity contribution in [2.45, 2.75) is 24.3 Å². The Bertz CT molecular complexity index is 1270. The number of anilines is 1. The monoisotopic (exact) mass is 554 g/mol. The van der Waals surface area contributed by atoms with Crippen molar-refractivity contribution in [2.24, 2.45) is 5.10 Å². The molecular formula is C26H27BrN4O3S. The van der Waals surface area contributed by atoms with Gasteiger partial charge in [0.15, 0.2) is 0 Å². The number of piperidine rings is 1. The van der Waals surface area contributed by atoms with E-state index in [9.17, 15) is 13.2 Å². The van der Waals surface area contributed by atoms with Crippen molar-refractivity contribution in [3.63, 3.8) is 0 Å². The molecule has 1 amide bonds. The van der Waals surface area contributed by atoms with Gasteiger partial charge in [0.25, 0.3) is 15.9 Å². The van der Waals surface area contributed by atoms with Crippen molar-refractivity contribution in [1.82, 2.24) is 10.3 Å². The molecule has 1 saturated heterocycles. The molecule has 3 aromatic carbocycles. The molecule has 0 atom stereocenters. The third kappa shape index (κ3) is 6.78. The van der Waals surface area contributed by atoms with Gasteiger partial charge in [-0.1, -0.05) is 70.5 Å². The smallest absolute Gasteiger partial charge is 0.264 e. The summed E-state index contributed by atoms with van der Waals surface area (Å²) in [5, 5.41) is 4.30. The van der Waals surface area contributed by atoms with E-state index in [4.69, 9.17) is 0 Å². The molecule has 7 nitrogen and oxygen atoms in total. The van der Waals surface area contributed by atoms with Crippen molar-refractivity contribution in [2.75, 3.05) is 23.9 Å². The van der Waals surface area contributed by atoms with E-state index in [2.05, 4.69) is 43.5 Å². The predicted octanol–water partition coefficient (Wildman–Crippen LogP) is 4.41. The molecule has 1 heterocycles. The van der Waals surface area contributed by atoms with Gasteiger partial charge in [-0.2, -0.15) is 5.10 Å². The fourth-order valence-electron chi connectivity index (χ4n) is 3.90. The Hall–Kier alpha value is -3.01. The molecule has 35 heavy (non-hydrogen) atoms. The lowest BCUT2D eigenvalue weighted by molar-refractivity contribution is -0.119. The van der Waals surface area contributed by atoms with E-state index in [1.807, 2.05) is 18.2 Å². The highest BCUT2D eigenvalue weighted by Crippen LogP contribution is 2.26. The van der Waals surface area contributed by atoms with Gasteiger partial charge in [0, 0.05) is 42.7 Å². The number of halogens is 1. The molecule has 0 spiro atoms. The lowest BCUT2D eigenvalue weighted by atomic mass is 10.1. The molecule has 1 fully saturated rings. The van der Waals surface area contributed by atoms with Crippen LogP contribution in [0.3, 0.4) is 0 Å². The molecule has 0 aliphatic carbocycles. The number of carbonyl (C=O) groups excluding carboxylic acids is 1. The van der Waals surface area contributed by atoms with Gasteiger partial charge in [0.1, 0.15) is 6.54 Å². The van der Waals surface area contributed by atoms with E-state index >= 15 is 0 Å². The standard InChI is InChI=1S/C26H27BrN4O3S/c27-22-10-7-11-24(18-22)31(35(33,34)25-12-5-2-6-13-25)20-26(32)29-28-23-14-16-30(17-15-23)19-21-8-3-1-4-9-21/h1-13,18H,14-17,19-20H2,(H,29,32). The van der Waals surface area contributed by atoms with Gasteiger partial charge >= 0.3 is 0 Å². The van der Waals surface area contributed by atoms with Crippen LogP contribution >= 0.6 is 15.9 Å². The van der Waals surface area contributed by atoms with Crippen molar-refractivity contribution in [3.8, 4) is 0 Å². The summed E-state index contributed by atoms with van der Waals surface area (Å²) in [4.78, 5) is 15.3. The van der Waals surface area contributed by atoms with Gasteiger partial charge in [-0.15, -0.1) is 0 Å². The van der Waals surface area contributed by atoms with Crippen molar-refractivity contribution in [3.05, 3.63) is 95.0 Å². The molecule has 0 bridgehead atoms. The first-order valence-electron chi connectivity index (χ1n) is 11.4. The third-order valence-corrected chi connectivity index (χ3v) is 8.02. The van der Waals surface area contributed by atoms with Crippen LogP contribution in [0.5, 0.6) is 0 Å². The molecule has 3 aromatic rings. The Labute approximate surface area is 214 Å². The number of hydrogen-bond donors (Lipinski definition) is 1. The number of carbonyl (C=O) groups is 1. The first-order chi connectivity index (χ1) is 16.9. The largest absolute Gasteiger partial charge is 0.298 e. The number of likely N-dealkylation sites (tertiary alicyclic amines) is 1. The maximum absolute atomic E-state index is 13.4. The highest BCUT2D eigenvalue weighted by Gasteiger charge is 2.27. The number of nitrogens with zero attached hydrogens (tertiary/aromatic N) is 3. The van der Waals surface area contributed by atoms with Crippen LogP contribution in [0.25, 0.3) is 0 Å². The van der Waals surface area contributed by atoms with Gasteiger partial charge in [0.2, 0.25) is 0 Å². The molecule has 1 aliphatic heterocycles. The fraction of sp³-hybridized carbons (Fsp3) is 0.231. The van der Waals surface area contributed by atoms with Crippen LogP contribution in [0.2, 0.25) is 0 Å². The summed E-state index contributed by atoms with van der Waals surface area (Å²) in [6.07, 6.45) is 1.51. The SMILES string of the molecule is O=C(CN(c1cccc(Br)c1)S(=O)(=O)c1ccccc1)NN=C1CCN(Cc2ccccc2)CC1. The van der Waals surface area contributed by atoms with Crippen LogP contribution in [0.1, 0.15) is 18.4 Å². The van der Waals surface area contributed by atoms with E-state index in [0.717, 1.165) is 42.5 Å². The molecule has 182 valence electrons. The summed E-state index contributed by atoms with van der Waals surface area (Å²) < 4.78 is 28.5. The number of hydrogen-bond acceptors (Lipinski definition) is 5. The average Bonchev–Trinajstić information content (AvgIpc) is 2.88. The Morgan fingerprint density at radius 1 is 0.943 bits per heavy atom. The summed E-state index contributed by atoms with van der Waals surface area (Å²) in [5.41, 5.74) is 5.13. The van der Waals surface area contributed by atoms with Crippen molar-refractivity contribution in [1.29, 1.82) is 0 Å². The van der Waals surface area contributed by atoms with Gasteiger partial charge in [-0.25, -0.2) is 13.8 Å². The zero-order valence-corrected chi connectivity index (χ0v) is 21.6. The molecule has 0 aromatic heterocycles. The summed E-state index contributed by atoms with van der Waals surface area (Å²) in [6, 6.07) is 25.3. The van der Waals surface area contributed by atoms with Crippen LogP contribution in [-0.2, 0) is 21.4 Å². The lowest BCUT2D eigenvalue weighted by Gasteiger charge is -2.27. The average molecular weight is 555 g/mol. The van der Waals surface area contributed by atoms with E-state index < -0.39 is 15.9 Å². The van der Waals surface area contributed by atoms with Crippen LogP contribution in [0.15, 0.2) is 99.4 Å². The Morgan fingerprint density at radius 2 is 1.60 bits per heavy atom. The quantitative estimate of drug-likeness (QED) is 0.418. The lowest BCUT2D eigenvalue weighted by Crippen LogP contribution is -2.40. The molecule has 0 unspecified atom stereocenters. The van der Waals surface area contributed by atoms with Gasteiger partial charge in [-0.3, -0.25) is 14.0 Å². The van der Waals surface area contributed by atoms with E-state index in [1.165, 1.54) is 17.7 Å². The summed E-state index contributed by atoms with van der Waals surface area (Å²) in [7, 11) is -3.95. The second-order valence-electron chi connectivity index (χ2n) is 8.28. The second-order valence-corrected chi connectivity index (χ2v) is 11.1. The summed E-state index contributed by atoms with van der Waals surface area (Å²) in [6.45, 7) is 2.22. The molecule has 1 N–H and O–H groups in total. The van der Waals surface area contributed by atoms with Crippen LogP contribution in [0, 0.1) is 0 Å². The van der Waals surface area contributed by atoms with Crippen LogP contribution < -0.4 is 9.73 Å². The Balaban J connectivity index is 1.41. The number of sulfonamides is 1. The molecule has 4 rings (SSSR count). The van der Waals surface area contributed by atoms with Crippen molar-refractivity contribution < 1.29 is 13.2 Å². The van der Waals surface area contributed by atoms with E-state index in [0.29, 0.717) is 10.2 Å². The highest BCUT2D eigenvalue weighted by atomic mass is 79.9. The Kier molecular flexibility index (Phi) is 8.33. The first-order valence-corrected chi connectivity index (χ1v) is 13.6. The third-order valence-electron chi connectivity index (χ3n) is 5.74. The van der Waals surface area contributed by atoms with Gasteiger partial charge in [0.05, 0.1) is 10.6 Å². The van der Waals surface area contributed by atoms with Crippen molar-refractivity contribution >= 4 is 43.3 Å². The zero-order chi connectivity index (χ0) is 24.7. The second kappa shape index (κ2) is 11.6. The van der Waals surface area contributed by atoms with Crippen LogP contribution in [-0.4, -0.2) is 44.6 Å². The normalized spacial score (nSPS) is 14.4. The molecule has 9 heteroatoms. The minimum absolute atomic E-state index is 0.116. The van der Waals surface area contributed by atoms with Crippen LogP contribution in [0.4, 0.5) is 5.69 Å². The number of nitrogens with one attached hydrogen (secondary N) is 1. The molecular weight excluding hydrogens is 528 g/mol. The van der Waals surface area contributed by atoms with Gasteiger partial charge in [-0.05, 0) is 35.9 Å².